The smallest absolute Gasteiger partial charge is 0.147 e. The topological polar surface area (TPSA) is 382 Å². The van der Waals surface area contributed by atoms with Crippen molar-refractivity contribution in [2.45, 2.75) is 250 Å². The number of aromatic nitrogens is 30. The second-order valence-corrected chi connectivity index (χ2v) is 15.3. The van der Waals surface area contributed by atoms with Gasteiger partial charge >= 0.3 is 0 Å². The van der Waals surface area contributed by atoms with Gasteiger partial charge in [-0.1, -0.05) is 179 Å². The van der Waals surface area contributed by atoms with E-state index in [0.29, 0.717) is 5.82 Å². The Morgan fingerprint density at radius 2 is 0.757 bits per heavy atom. The molecule has 12 aromatic rings. The van der Waals surface area contributed by atoms with Crippen LogP contribution in [0.3, 0.4) is 0 Å². The lowest BCUT2D eigenvalue weighted by atomic mass is 10.4. The monoisotopic (exact) mass is 1490 g/mol. The lowest BCUT2D eigenvalue weighted by Gasteiger charge is -1.81. The standard InChI is InChI=1S/6C5H6N2.4C4H5N3.2C3H5N3.12C2H6.CH4/c1-5-2-6-4-7-3-5;1-5-4-6-2-3-7-5;1-5-2-3-6-4-7-5;1-5-2-3-6-7-4-5;1-5-6-3-2-4-7-5;1-5-3-2-4-6-7-5;1-4-6-2-5-3-7-4;1-4-2-6-7-3-5-4;1-4-2-5-3-6-7-4;1-4-5-2-3-6-7-4;1-6-3-2-4-5-6;1-3-2-4-6-5-3;12*1-2;/h6*2-4H,1H3;4*2-3H,1H3;2-3H,1H3;2H,1H3,(H,4,5,6);12*1-2H3;1H4. The summed E-state index contributed by atoms with van der Waals surface area (Å²) >= 11 is 0. The normalized spacial score (nSPS) is 7.36. The number of aryl methyl sites for hydroxylation is 12. The first kappa shape index (κ1) is 126. The van der Waals surface area contributed by atoms with E-state index in [2.05, 4.69) is 146 Å². The summed E-state index contributed by atoms with van der Waals surface area (Å²) in [6.45, 7) is 68.8. The molecule has 0 fully saturated rings. The molecule has 12 rings (SSSR count). The molecule has 0 atom stereocenters. The molecule has 12 heterocycles. The number of rotatable bonds is 0. The van der Waals surface area contributed by atoms with Crippen molar-refractivity contribution in [1.82, 2.24) is 151 Å². The molecule has 0 saturated carbocycles. The van der Waals surface area contributed by atoms with Gasteiger partial charge in [-0.05, 0) is 118 Å². The number of H-pyrrole nitrogens is 1. The molecule has 0 amide bonds. The highest BCUT2D eigenvalue weighted by Gasteiger charge is 1.82. The van der Waals surface area contributed by atoms with Crippen molar-refractivity contribution in [3.05, 3.63) is 243 Å². The molecule has 30 heteroatoms. The van der Waals surface area contributed by atoms with E-state index >= 15 is 0 Å². The summed E-state index contributed by atoms with van der Waals surface area (Å²) in [4.78, 5) is 53.1. The molecule has 0 spiro atoms. The molecule has 0 aliphatic rings. The van der Waals surface area contributed by atoms with Gasteiger partial charge in [0.05, 0.1) is 65.7 Å². The fourth-order valence-corrected chi connectivity index (χ4v) is 3.96. The molecular weight excluding hydrogens is 1350 g/mol. The highest BCUT2D eigenvalue weighted by atomic mass is 15.4. The quantitative estimate of drug-likeness (QED) is 0.147. The zero-order valence-electron chi connectivity index (χ0n) is 71.7. The average Bonchev–Trinajstić information content (AvgIpc) is 2.67. The van der Waals surface area contributed by atoms with Gasteiger partial charge in [-0.2, -0.15) is 51.1 Å². The molecule has 0 radical (unpaired) electrons. The Hall–Kier alpha value is -11.2. The molecule has 0 aromatic carbocycles. The highest BCUT2D eigenvalue weighted by Crippen LogP contribution is 1.88. The first-order valence-corrected chi connectivity index (χ1v) is 36.1. The molecule has 0 saturated heterocycles. The van der Waals surface area contributed by atoms with Crippen LogP contribution >= 0.6 is 0 Å². The van der Waals surface area contributed by atoms with E-state index in [1.807, 2.05) is 267 Å². The van der Waals surface area contributed by atoms with Crippen molar-refractivity contribution in [2.75, 3.05) is 0 Å². The molecule has 0 unspecified atom stereocenters. The van der Waals surface area contributed by atoms with Gasteiger partial charge in [-0.15, -0.1) is 20.4 Å². The maximum atomic E-state index is 3.92. The minimum atomic E-state index is 0. The van der Waals surface area contributed by atoms with Crippen molar-refractivity contribution in [3.63, 3.8) is 0 Å². The number of hydrogen-bond donors (Lipinski definition) is 1. The van der Waals surface area contributed by atoms with Crippen molar-refractivity contribution in [1.29, 1.82) is 0 Å². The molecule has 0 aliphatic carbocycles. The van der Waals surface area contributed by atoms with Crippen LogP contribution in [0, 0.1) is 76.2 Å². The van der Waals surface area contributed by atoms with Crippen LogP contribution in [0.4, 0.5) is 0 Å². The molecule has 0 bridgehead atoms. The molecule has 1 N–H and O–H groups in total. The number of nitrogens with zero attached hydrogens (tertiary/aromatic N) is 29. The van der Waals surface area contributed by atoms with Gasteiger partial charge in [0.1, 0.15) is 55.4 Å². The third-order valence-electron chi connectivity index (χ3n) is 7.76. The van der Waals surface area contributed by atoms with E-state index in [0.717, 1.165) is 56.9 Å². The number of aromatic amines is 1. The molecular formula is C77H142N30. The average molecular weight is 1490 g/mol. The van der Waals surface area contributed by atoms with Gasteiger partial charge < -0.3 is 0 Å². The lowest BCUT2D eigenvalue weighted by molar-refractivity contribution is 0.715. The molecule has 600 valence electrons. The van der Waals surface area contributed by atoms with E-state index < -0.39 is 0 Å². The van der Waals surface area contributed by atoms with Crippen LogP contribution < -0.4 is 0 Å². The third kappa shape index (κ3) is 119. The summed E-state index contributed by atoms with van der Waals surface area (Å²) < 4.78 is 1.64. The summed E-state index contributed by atoms with van der Waals surface area (Å²) in [5, 5.41) is 52.8. The largest absolute Gasteiger partial charge is 0.261 e. The minimum Gasteiger partial charge on any atom is -0.261 e. The van der Waals surface area contributed by atoms with Gasteiger partial charge in [-0.25, -0.2) is 59.8 Å². The van der Waals surface area contributed by atoms with Crippen LogP contribution in [-0.2, 0) is 7.05 Å². The van der Waals surface area contributed by atoms with Crippen molar-refractivity contribution >= 4 is 0 Å². The van der Waals surface area contributed by atoms with Gasteiger partial charge in [0.25, 0.3) is 0 Å². The van der Waals surface area contributed by atoms with Crippen molar-refractivity contribution in [2.24, 2.45) is 7.05 Å². The molecule has 30 nitrogen and oxygen atoms in total. The third-order valence-corrected chi connectivity index (χ3v) is 7.76. The van der Waals surface area contributed by atoms with Crippen LogP contribution in [-0.4, -0.2) is 151 Å². The summed E-state index contributed by atoms with van der Waals surface area (Å²) in [6.07, 6.45) is 39.2. The summed E-state index contributed by atoms with van der Waals surface area (Å²) in [5.41, 5.74) is 7.85. The Kier molecular flexibility index (Phi) is 143. The molecule has 107 heavy (non-hydrogen) atoms. The highest BCUT2D eigenvalue weighted by molar-refractivity contribution is 5.01. The van der Waals surface area contributed by atoms with E-state index in [-0.39, 0.29) is 7.43 Å². The molecule has 0 aliphatic heterocycles. The van der Waals surface area contributed by atoms with Crippen LogP contribution in [0.2, 0.25) is 0 Å². The van der Waals surface area contributed by atoms with E-state index in [1.165, 1.54) is 38.0 Å². The second kappa shape index (κ2) is 122. The van der Waals surface area contributed by atoms with Crippen LogP contribution in [0.25, 0.3) is 0 Å². The minimum absolute atomic E-state index is 0. The van der Waals surface area contributed by atoms with Gasteiger partial charge in [0.15, 0.2) is 0 Å². The lowest BCUT2D eigenvalue weighted by Crippen LogP contribution is -1.85. The Labute approximate surface area is 647 Å². The molecule has 12 aromatic heterocycles. The predicted octanol–water partition coefficient (Wildman–Crippen LogP) is 18.3. The SMILES string of the molecule is C.CC.CC.CC.CC.CC.CC.CC.CC.CC.CC.CC.CC.Cc1cccnn1.Cc1ccncn1.Cc1ccnnc1.Cc1cn[nH]n1.Cc1cnccn1.Cc1cncnc1.Cc1cncnn1.Cc1cnncn1.Cc1ncccn1.Cc1nccnn1.Cc1ncncn1.Cn1ccnn1. The van der Waals surface area contributed by atoms with E-state index in [1.54, 1.807) is 129 Å². The Morgan fingerprint density at radius 3 is 0.963 bits per heavy atom. The van der Waals surface area contributed by atoms with Crippen LogP contribution in [0.1, 0.15) is 236 Å². The Balaban J connectivity index is -0.0000000797. The van der Waals surface area contributed by atoms with E-state index in [4.69, 9.17) is 0 Å². The maximum absolute atomic E-state index is 3.92. The zero-order valence-corrected chi connectivity index (χ0v) is 71.7. The summed E-state index contributed by atoms with van der Waals surface area (Å²) in [6, 6.07) is 9.34. The fraction of sp³-hybridized carbons (Fsp3) is 0.481. The predicted molar refractivity (Wildman–Crippen MR) is 444 cm³/mol. The van der Waals surface area contributed by atoms with Crippen molar-refractivity contribution in [3.8, 4) is 0 Å². The first-order chi connectivity index (χ1) is 51.7. The fourth-order valence-electron chi connectivity index (χ4n) is 3.96. The Morgan fingerprint density at radius 1 is 0.262 bits per heavy atom. The zero-order chi connectivity index (χ0) is 83.9. The first-order valence-electron chi connectivity index (χ1n) is 36.1. The van der Waals surface area contributed by atoms with Gasteiger partial charge in [0, 0.05) is 87.1 Å². The van der Waals surface area contributed by atoms with E-state index in [9.17, 15) is 0 Å². The number of nitrogens with one attached hydrogen (secondary N) is 1. The second-order valence-electron chi connectivity index (χ2n) is 15.3. The summed E-state index contributed by atoms with van der Waals surface area (Å²) in [5.74, 6) is 2.29. The van der Waals surface area contributed by atoms with Crippen molar-refractivity contribution < 1.29 is 0 Å². The van der Waals surface area contributed by atoms with Crippen LogP contribution in [0.15, 0.2) is 180 Å². The Bertz CT molecular complexity index is 2520. The van der Waals surface area contributed by atoms with Crippen LogP contribution in [0.5, 0.6) is 0 Å². The van der Waals surface area contributed by atoms with Gasteiger partial charge in [0.2, 0.25) is 0 Å². The summed E-state index contributed by atoms with van der Waals surface area (Å²) in [7, 11) is 1.83. The van der Waals surface area contributed by atoms with Gasteiger partial charge in [-0.3, -0.25) is 14.6 Å². The number of hydrogen-bond acceptors (Lipinski definition) is 28. The maximum Gasteiger partial charge on any atom is 0.147 e.